The molecule has 1 aromatic carbocycles. The zero-order valence-electron chi connectivity index (χ0n) is 22.9. The lowest BCUT2D eigenvalue weighted by molar-refractivity contribution is -0.132. The number of amides is 2. The summed E-state index contributed by atoms with van der Waals surface area (Å²) in [4.78, 5) is 28.6. The standard InChI is InChI=1S/C33H44N2O3/c1-2-3-4-5-6-7-8-9-10-11-12-13-14-15-16-17-18-19-20-25-32(37)34-26-28-35(29-27-34)33(38)30-23-21-22-24-31(30)36/h3-4,6-7,9-10,12-13,15-16,18-19,21-24,36H,2,5,8,11,14,17,20,25-29H2,1H3. The van der Waals surface area contributed by atoms with Crippen molar-refractivity contribution < 1.29 is 14.7 Å². The second-order valence-electron chi connectivity index (χ2n) is 9.14. The number of rotatable bonds is 15. The summed E-state index contributed by atoms with van der Waals surface area (Å²) in [6.07, 6.45) is 33.1. The molecule has 0 radical (unpaired) electrons. The van der Waals surface area contributed by atoms with Gasteiger partial charge in [0, 0.05) is 32.6 Å². The predicted octanol–water partition coefficient (Wildman–Crippen LogP) is 7.15. The molecule has 0 aromatic heterocycles. The van der Waals surface area contributed by atoms with E-state index in [2.05, 4.69) is 79.8 Å². The Morgan fingerprint density at radius 3 is 1.63 bits per heavy atom. The molecule has 0 bridgehead atoms. The van der Waals surface area contributed by atoms with Crippen molar-refractivity contribution in [1.82, 2.24) is 9.80 Å². The highest BCUT2D eigenvalue weighted by atomic mass is 16.3. The molecular weight excluding hydrogens is 472 g/mol. The van der Waals surface area contributed by atoms with Crippen molar-refractivity contribution in [2.45, 2.75) is 58.3 Å². The molecule has 1 aromatic rings. The van der Waals surface area contributed by atoms with Crippen LogP contribution in [0.4, 0.5) is 0 Å². The van der Waals surface area contributed by atoms with Crippen LogP contribution in [-0.4, -0.2) is 52.9 Å². The van der Waals surface area contributed by atoms with Crippen molar-refractivity contribution in [2.75, 3.05) is 26.2 Å². The molecule has 2 rings (SSSR count). The lowest BCUT2D eigenvalue weighted by atomic mass is 10.1. The maximum absolute atomic E-state index is 12.6. The highest BCUT2D eigenvalue weighted by Crippen LogP contribution is 2.19. The monoisotopic (exact) mass is 516 g/mol. The van der Waals surface area contributed by atoms with Crippen LogP contribution in [0.2, 0.25) is 0 Å². The number of carbonyl (C=O) groups is 2. The smallest absolute Gasteiger partial charge is 0.257 e. The first-order chi connectivity index (χ1) is 18.6. The zero-order valence-corrected chi connectivity index (χ0v) is 22.9. The number of phenols is 1. The van der Waals surface area contributed by atoms with Gasteiger partial charge >= 0.3 is 0 Å². The molecule has 0 atom stereocenters. The molecular formula is C33H44N2O3. The number of carbonyl (C=O) groups excluding carboxylic acids is 2. The maximum atomic E-state index is 12.6. The van der Waals surface area contributed by atoms with Crippen molar-refractivity contribution in [3.8, 4) is 5.75 Å². The molecule has 0 saturated carbocycles. The van der Waals surface area contributed by atoms with Crippen LogP contribution < -0.4 is 0 Å². The third-order valence-corrected chi connectivity index (χ3v) is 6.18. The number of allylic oxidation sites excluding steroid dienone is 12. The molecule has 1 heterocycles. The molecule has 5 nitrogen and oxygen atoms in total. The summed E-state index contributed by atoms with van der Waals surface area (Å²) in [6, 6.07) is 6.58. The number of nitrogens with zero attached hydrogens (tertiary/aromatic N) is 2. The van der Waals surface area contributed by atoms with E-state index in [0.717, 1.165) is 44.9 Å². The minimum atomic E-state index is -0.187. The van der Waals surface area contributed by atoms with Gasteiger partial charge in [0.1, 0.15) is 5.75 Å². The maximum Gasteiger partial charge on any atom is 0.257 e. The average Bonchev–Trinajstić information content (AvgIpc) is 2.94. The summed E-state index contributed by atoms with van der Waals surface area (Å²) >= 11 is 0. The van der Waals surface area contributed by atoms with E-state index in [9.17, 15) is 14.7 Å². The van der Waals surface area contributed by atoms with Crippen LogP contribution in [0.25, 0.3) is 0 Å². The molecule has 38 heavy (non-hydrogen) atoms. The molecule has 1 fully saturated rings. The fourth-order valence-electron chi connectivity index (χ4n) is 3.99. The fraction of sp³-hybridized carbons (Fsp3) is 0.394. The Kier molecular flexibility index (Phi) is 15.7. The van der Waals surface area contributed by atoms with E-state index in [-0.39, 0.29) is 17.6 Å². The van der Waals surface area contributed by atoms with Gasteiger partial charge in [-0.15, -0.1) is 0 Å². The Morgan fingerprint density at radius 2 is 1.13 bits per heavy atom. The number of hydrogen-bond acceptors (Lipinski definition) is 3. The minimum Gasteiger partial charge on any atom is -0.507 e. The van der Waals surface area contributed by atoms with Crippen molar-refractivity contribution in [3.05, 3.63) is 103 Å². The summed E-state index contributed by atoms with van der Waals surface area (Å²) in [7, 11) is 0. The SMILES string of the molecule is CCC=CCC=CCC=CCC=CCC=CCC=CCCC(=O)N1CCN(C(=O)c2ccccc2O)CC1. The fourth-order valence-corrected chi connectivity index (χ4v) is 3.99. The van der Waals surface area contributed by atoms with E-state index in [1.54, 1.807) is 23.1 Å². The number of phenolic OH excluding ortho intramolecular Hbond substituents is 1. The van der Waals surface area contributed by atoms with Crippen LogP contribution in [0.3, 0.4) is 0 Å². The summed E-state index contributed by atoms with van der Waals surface area (Å²) in [5, 5.41) is 9.91. The Morgan fingerprint density at radius 1 is 0.684 bits per heavy atom. The second kappa shape index (κ2) is 19.5. The van der Waals surface area contributed by atoms with Crippen molar-refractivity contribution in [2.24, 2.45) is 0 Å². The number of para-hydroxylation sites is 1. The summed E-state index contributed by atoms with van der Waals surface area (Å²) in [6.45, 7) is 4.18. The number of piperazine rings is 1. The Labute approximate surface area is 229 Å². The van der Waals surface area contributed by atoms with Crippen LogP contribution in [0, 0.1) is 0 Å². The Balaban J connectivity index is 1.50. The van der Waals surface area contributed by atoms with Gasteiger partial charge in [-0.3, -0.25) is 9.59 Å². The highest BCUT2D eigenvalue weighted by molar-refractivity contribution is 5.97. The van der Waals surface area contributed by atoms with Crippen LogP contribution in [0.15, 0.2) is 97.2 Å². The Bertz CT molecular complexity index is 1010. The molecule has 0 aliphatic carbocycles. The van der Waals surface area contributed by atoms with E-state index in [0.29, 0.717) is 38.2 Å². The van der Waals surface area contributed by atoms with Crippen LogP contribution in [0.1, 0.15) is 68.6 Å². The van der Waals surface area contributed by atoms with Crippen molar-refractivity contribution in [1.29, 1.82) is 0 Å². The normalized spacial score (nSPS) is 15.0. The van der Waals surface area contributed by atoms with Gasteiger partial charge in [-0.05, 0) is 57.1 Å². The zero-order chi connectivity index (χ0) is 27.3. The van der Waals surface area contributed by atoms with Crippen molar-refractivity contribution in [3.63, 3.8) is 0 Å². The van der Waals surface area contributed by atoms with Gasteiger partial charge in [0.05, 0.1) is 5.56 Å². The average molecular weight is 517 g/mol. The number of hydrogen-bond donors (Lipinski definition) is 1. The second-order valence-corrected chi connectivity index (χ2v) is 9.14. The number of aromatic hydroxyl groups is 1. The number of benzene rings is 1. The summed E-state index contributed by atoms with van der Waals surface area (Å²) in [5.74, 6) is -0.0697. The van der Waals surface area contributed by atoms with E-state index in [1.165, 1.54) is 6.07 Å². The van der Waals surface area contributed by atoms with Gasteiger partial charge in [-0.25, -0.2) is 0 Å². The van der Waals surface area contributed by atoms with Crippen LogP contribution in [-0.2, 0) is 4.79 Å². The Hall–Kier alpha value is -3.60. The van der Waals surface area contributed by atoms with Gasteiger partial charge in [0.25, 0.3) is 5.91 Å². The molecule has 1 saturated heterocycles. The first kappa shape index (κ1) is 30.6. The summed E-state index contributed by atoms with van der Waals surface area (Å²) < 4.78 is 0. The lowest BCUT2D eigenvalue weighted by Crippen LogP contribution is -2.50. The topological polar surface area (TPSA) is 60.9 Å². The van der Waals surface area contributed by atoms with E-state index in [4.69, 9.17) is 0 Å². The molecule has 1 aliphatic rings. The quantitative estimate of drug-likeness (QED) is 0.252. The first-order valence-corrected chi connectivity index (χ1v) is 13.9. The molecule has 5 heteroatoms. The van der Waals surface area contributed by atoms with Gasteiger partial charge in [-0.1, -0.05) is 92.0 Å². The predicted molar refractivity (Wildman–Crippen MR) is 158 cm³/mol. The van der Waals surface area contributed by atoms with Crippen molar-refractivity contribution >= 4 is 11.8 Å². The first-order valence-electron chi connectivity index (χ1n) is 13.9. The van der Waals surface area contributed by atoms with Crippen LogP contribution in [0.5, 0.6) is 5.75 Å². The largest absolute Gasteiger partial charge is 0.507 e. The highest BCUT2D eigenvalue weighted by Gasteiger charge is 2.25. The molecule has 204 valence electrons. The molecule has 2 amide bonds. The summed E-state index contributed by atoms with van der Waals surface area (Å²) in [5.41, 5.74) is 0.310. The van der Waals surface area contributed by atoms with Crippen LogP contribution >= 0.6 is 0 Å². The van der Waals surface area contributed by atoms with E-state index >= 15 is 0 Å². The molecule has 0 spiro atoms. The minimum absolute atomic E-state index is 0.00706. The van der Waals surface area contributed by atoms with Gasteiger partial charge < -0.3 is 14.9 Å². The molecule has 1 aliphatic heterocycles. The van der Waals surface area contributed by atoms with E-state index < -0.39 is 0 Å². The third-order valence-electron chi connectivity index (χ3n) is 6.18. The van der Waals surface area contributed by atoms with E-state index in [1.807, 2.05) is 4.90 Å². The van der Waals surface area contributed by atoms with Gasteiger partial charge in [0.2, 0.25) is 5.91 Å². The molecule has 1 N–H and O–H groups in total. The molecule has 0 unspecified atom stereocenters. The van der Waals surface area contributed by atoms with Gasteiger partial charge in [0.15, 0.2) is 0 Å². The van der Waals surface area contributed by atoms with Gasteiger partial charge in [-0.2, -0.15) is 0 Å². The lowest BCUT2D eigenvalue weighted by Gasteiger charge is -2.35. The third kappa shape index (κ3) is 12.6.